The van der Waals surface area contributed by atoms with Crippen LogP contribution >= 0.6 is 0 Å². The molecule has 0 bridgehead atoms. The second-order valence-electron chi connectivity index (χ2n) is 3.82. The molecule has 0 spiro atoms. The molecule has 0 aliphatic carbocycles. The molecule has 92 valence electrons. The van der Waals surface area contributed by atoms with Gasteiger partial charge in [-0.25, -0.2) is 0 Å². The molecule has 0 saturated carbocycles. The molecule has 0 heterocycles. The topological polar surface area (TPSA) is 98.2 Å². The summed E-state index contributed by atoms with van der Waals surface area (Å²) in [6.07, 6.45) is 1.97. The van der Waals surface area contributed by atoms with Gasteiger partial charge in [0.15, 0.2) is 0 Å². The summed E-state index contributed by atoms with van der Waals surface area (Å²) < 4.78 is 0. The molecule has 1 rings (SSSR count). The van der Waals surface area contributed by atoms with Crippen molar-refractivity contribution in [2.24, 2.45) is 5.73 Å². The molecule has 5 heteroatoms. The number of rotatable bonds is 6. The highest BCUT2D eigenvalue weighted by molar-refractivity contribution is 5.94. The average Bonchev–Trinajstić information content (AvgIpc) is 2.34. The van der Waals surface area contributed by atoms with Gasteiger partial charge in [-0.2, -0.15) is 0 Å². The minimum absolute atomic E-state index is 0.148. The Kier molecular flexibility index (Phi) is 5.16. The minimum Gasteiger partial charge on any atom is -0.399 e. The summed E-state index contributed by atoms with van der Waals surface area (Å²) in [4.78, 5) is 21.9. The van der Waals surface area contributed by atoms with E-state index in [9.17, 15) is 9.59 Å². The van der Waals surface area contributed by atoms with Crippen molar-refractivity contribution in [3.8, 4) is 0 Å². The Morgan fingerprint density at radius 1 is 1.35 bits per heavy atom. The minimum atomic E-state index is -0.441. The van der Waals surface area contributed by atoms with Gasteiger partial charge in [-0.3, -0.25) is 4.79 Å². The summed E-state index contributed by atoms with van der Waals surface area (Å²) in [6.45, 7) is 0.505. The van der Waals surface area contributed by atoms with Crippen LogP contribution in [0.25, 0.3) is 0 Å². The number of nitrogens with one attached hydrogen (secondary N) is 1. The van der Waals surface area contributed by atoms with E-state index >= 15 is 0 Å². The van der Waals surface area contributed by atoms with E-state index in [-0.39, 0.29) is 5.91 Å². The van der Waals surface area contributed by atoms with Crippen molar-refractivity contribution in [2.75, 3.05) is 12.3 Å². The Morgan fingerprint density at radius 3 is 2.59 bits per heavy atom. The monoisotopic (exact) mass is 235 g/mol. The van der Waals surface area contributed by atoms with Gasteiger partial charge in [0.25, 0.3) is 5.91 Å². The van der Waals surface area contributed by atoms with Crippen molar-refractivity contribution in [3.05, 3.63) is 29.8 Å². The van der Waals surface area contributed by atoms with Crippen LogP contribution < -0.4 is 16.8 Å². The van der Waals surface area contributed by atoms with E-state index in [4.69, 9.17) is 11.5 Å². The van der Waals surface area contributed by atoms with Gasteiger partial charge in [-0.15, -0.1) is 0 Å². The van der Waals surface area contributed by atoms with Crippen LogP contribution in [0.3, 0.4) is 0 Å². The number of hydrogen-bond donors (Lipinski definition) is 3. The molecule has 5 N–H and O–H groups in total. The number of carbonyl (C=O) groups excluding carboxylic acids is 2. The maximum absolute atomic E-state index is 11.6. The highest BCUT2D eigenvalue weighted by atomic mass is 16.1. The van der Waals surface area contributed by atoms with Crippen LogP contribution in [0.1, 0.15) is 23.2 Å². The summed E-state index contributed by atoms with van der Waals surface area (Å²) in [7, 11) is 0. The summed E-state index contributed by atoms with van der Waals surface area (Å²) in [5.74, 6) is -0.148. The molecule has 0 radical (unpaired) electrons. The molecule has 0 unspecified atom stereocenters. The maximum Gasteiger partial charge on any atom is 0.251 e. The molecule has 5 nitrogen and oxygen atoms in total. The zero-order valence-electron chi connectivity index (χ0n) is 9.56. The van der Waals surface area contributed by atoms with Crippen molar-refractivity contribution in [1.82, 2.24) is 5.32 Å². The largest absolute Gasteiger partial charge is 0.399 e. The molecule has 0 aliphatic rings. The lowest BCUT2D eigenvalue weighted by molar-refractivity contribution is -0.109. The molecule has 17 heavy (non-hydrogen) atoms. The smallest absolute Gasteiger partial charge is 0.251 e. The summed E-state index contributed by atoms with van der Waals surface area (Å²) in [5.41, 5.74) is 12.1. The highest BCUT2D eigenvalue weighted by Gasteiger charge is 2.04. The Hall–Kier alpha value is -1.88. The Morgan fingerprint density at radius 2 is 2.00 bits per heavy atom. The quantitative estimate of drug-likeness (QED) is 0.375. The van der Waals surface area contributed by atoms with Crippen molar-refractivity contribution in [3.63, 3.8) is 0 Å². The molecular formula is C12H17N3O2. The van der Waals surface area contributed by atoms with Crippen LogP contribution in [0.4, 0.5) is 5.69 Å². The fourth-order valence-corrected chi connectivity index (χ4v) is 1.34. The second-order valence-corrected chi connectivity index (χ2v) is 3.82. The van der Waals surface area contributed by atoms with Crippen LogP contribution in [0.15, 0.2) is 24.3 Å². The van der Waals surface area contributed by atoms with E-state index < -0.39 is 6.04 Å². The fraction of sp³-hybridized carbons (Fsp3) is 0.333. The molecule has 0 aliphatic heterocycles. The van der Waals surface area contributed by atoms with Gasteiger partial charge in [0, 0.05) is 17.8 Å². The molecular weight excluding hydrogens is 218 g/mol. The third-order valence-corrected chi connectivity index (χ3v) is 2.35. The second kappa shape index (κ2) is 6.65. The zero-order chi connectivity index (χ0) is 12.7. The summed E-state index contributed by atoms with van der Waals surface area (Å²) in [5, 5.41) is 2.75. The van der Waals surface area contributed by atoms with Gasteiger partial charge in [-0.1, -0.05) is 0 Å². The van der Waals surface area contributed by atoms with Gasteiger partial charge >= 0.3 is 0 Å². The highest BCUT2D eigenvalue weighted by Crippen LogP contribution is 2.05. The summed E-state index contributed by atoms with van der Waals surface area (Å²) in [6, 6.07) is 6.25. The third kappa shape index (κ3) is 4.65. The van der Waals surface area contributed by atoms with E-state index in [1.807, 2.05) is 0 Å². The summed E-state index contributed by atoms with van der Waals surface area (Å²) >= 11 is 0. The number of carbonyl (C=O) groups is 2. The van der Waals surface area contributed by atoms with Crippen molar-refractivity contribution in [2.45, 2.75) is 18.9 Å². The normalized spacial score (nSPS) is 11.8. The van der Waals surface area contributed by atoms with Crippen LogP contribution in [0.2, 0.25) is 0 Å². The number of benzene rings is 1. The Balaban J connectivity index is 2.30. The first kappa shape index (κ1) is 13.2. The fourth-order valence-electron chi connectivity index (χ4n) is 1.34. The molecule has 0 saturated heterocycles. The van der Waals surface area contributed by atoms with Crippen LogP contribution in [-0.2, 0) is 4.79 Å². The number of hydrogen-bond acceptors (Lipinski definition) is 4. The predicted octanol–water partition coefficient (Wildman–Crippen LogP) is 0.305. The van der Waals surface area contributed by atoms with E-state index in [2.05, 4.69) is 5.32 Å². The Labute approximate surface area is 100 Å². The average molecular weight is 235 g/mol. The van der Waals surface area contributed by atoms with Gasteiger partial charge in [0.2, 0.25) is 0 Å². The first-order valence-electron chi connectivity index (χ1n) is 5.48. The van der Waals surface area contributed by atoms with Gasteiger partial charge < -0.3 is 21.6 Å². The molecule has 1 aromatic carbocycles. The van der Waals surface area contributed by atoms with Crippen LogP contribution in [-0.4, -0.2) is 24.8 Å². The van der Waals surface area contributed by atoms with Gasteiger partial charge in [0.05, 0.1) is 6.04 Å². The zero-order valence-corrected chi connectivity index (χ0v) is 9.56. The molecule has 0 aromatic heterocycles. The number of nitrogen functional groups attached to an aromatic ring is 1. The number of nitrogens with two attached hydrogens (primary N) is 2. The van der Waals surface area contributed by atoms with E-state index in [1.54, 1.807) is 24.3 Å². The van der Waals surface area contributed by atoms with E-state index in [1.165, 1.54) is 0 Å². The van der Waals surface area contributed by atoms with Gasteiger partial charge in [0.1, 0.15) is 6.29 Å². The maximum atomic E-state index is 11.6. The van der Waals surface area contributed by atoms with Gasteiger partial charge in [-0.05, 0) is 37.1 Å². The first-order valence-corrected chi connectivity index (χ1v) is 5.48. The molecule has 0 fully saturated rings. The van der Waals surface area contributed by atoms with Crippen LogP contribution in [0, 0.1) is 0 Å². The lowest BCUT2D eigenvalue weighted by Gasteiger charge is -2.06. The molecule has 1 atom stereocenters. The number of aldehydes is 1. The predicted molar refractivity (Wildman–Crippen MR) is 66.5 cm³/mol. The SMILES string of the molecule is Nc1ccc(C(=O)NCCC[C@@H](N)C=O)cc1. The Bertz CT molecular complexity index is 376. The van der Waals surface area contributed by atoms with Crippen LogP contribution in [0.5, 0.6) is 0 Å². The lowest BCUT2D eigenvalue weighted by atomic mass is 10.1. The molecule has 1 aromatic rings. The standard InChI is InChI=1S/C12H17N3O2/c13-10-5-3-9(4-6-10)12(17)15-7-1-2-11(14)8-16/h3-6,8,11H,1-2,7,13-14H2,(H,15,17)/t11-/m1/s1. The van der Waals surface area contributed by atoms with E-state index in [0.29, 0.717) is 36.9 Å². The lowest BCUT2D eigenvalue weighted by Crippen LogP contribution is -2.27. The van der Waals surface area contributed by atoms with Crippen molar-refractivity contribution in [1.29, 1.82) is 0 Å². The number of amides is 1. The number of anilines is 1. The first-order chi connectivity index (χ1) is 8.13. The van der Waals surface area contributed by atoms with E-state index in [0.717, 1.165) is 0 Å². The molecule has 1 amide bonds. The third-order valence-electron chi connectivity index (χ3n) is 2.35. The van der Waals surface area contributed by atoms with Crippen molar-refractivity contribution < 1.29 is 9.59 Å². The van der Waals surface area contributed by atoms with Crippen molar-refractivity contribution >= 4 is 17.9 Å².